The number of fused-ring (bicyclic) bond motifs is 1. The zero-order chi connectivity index (χ0) is 16.4. The first-order valence-corrected chi connectivity index (χ1v) is 7.60. The molecule has 1 amide bonds. The third-order valence-corrected chi connectivity index (χ3v) is 3.80. The van der Waals surface area contributed by atoms with Crippen LogP contribution in [0.15, 0.2) is 42.7 Å². The maximum Gasteiger partial charge on any atom is 0.252 e. The lowest BCUT2D eigenvalue weighted by Gasteiger charge is -2.11. The summed E-state index contributed by atoms with van der Waals surface area (Å²) in [6.07, 6.45) is 3.47. The van der Waals surface area contributed by atoms with Gasteiger partial charge >= 0.3 is 0 Å². The number of pyridine rings is 2. The minimum Gasteiger partial charge on any atom is -0.348 e. The van der Waals surface area contributed by atoms with Gasteiger partial charge < -0.3 is 5.32 Å². The van der Waals surface area contributed by atoms with E-state index in [1.807, 2.05) is 45.0 Å². The van der Waals surface area contributed by atoms with Gasteiger partial charge in [-0.3, -0.25) is 14.8 Å². The Morgan fingerprint density at radius 3 is 2.74 bits per heavy atom. The molecule has 2 heterocycles. The van der Waals surface area contributed by atoms with Crippen LogP contribution in [0.25, 0.3) is 10.9 Å². The van der Waals surface area contributed by atoms with E-state index in [0.29, 0.717) is 12.1 Å². The minimum absolute atomic E-state index is 0.0886. The van der Waals surface area contributed by atoms with Gasteiger partial charge in [-0.25, -0.2) is 0 Å². The van der Waals surface area contributed by atoms with Crippen LogP contribution in [-0.2, 0) is 6.54 Å². The smallest absolute Gasteiger partial charge is 0.252 e. The molecule has 116 valence electrons. The van der Waals surface area contributed by atoms with Gasteiger partial charge in [-0.2, -0.15) is 0 Å². The Balaban J connectivity index is 1.96. The summed E-state index contributed by atoms with van der Waals surface area (Å²) in [7, 11) is 0. The van der Waals surface area contributed by atoms with E-state index in [1.165, 1.54) is 0 Å². The Morgan fingerprint density at radius 2 is 2.00 bits per heavy atom. The molecule has 0 fully saturated rings. The predicted molar refractivity (Wildman–Crippen MR) is 91.4 cm³/mol. The van der Waals surface area contributed by atoms with Gasteiger partial charge in [0, 0.05) is 30.0 Å². The lowest BCUT2D eigenvalue weighted by molar-refractivity contribution is 0.0952. The average Bonchev–Trinajstić information content (AvgIpc) is 2.54. The first-order valence-electron chi connectivity index (χ1n) is 7.60. The van der Waals surface area contributed by atoms with E-state index in [9.17, 15) is 4.79 Å². The fraction of sp³-hybridized carbons (Fsp3) is 0.211. The molecule has 0 unspecified atom stereocenters. The summed E-state index contributed by atoms with van der Waals surface area (Å²) in [5.74, 6) is -0.0886. The molecule has 4 heteroatoms. The third-order valence-electron chi connectivity index (χ3n) is 3.80. The van der Waals surface area contributed by atoms with Crippen LogP contribution < -0.4 is 5.32 Å². The van der Waals surface area contributed by atoms with Crippen molar-refractivity contribution >= 4 is 16.8 Å². The highest BCUT2D eigenvalue weighted by Crippen LogP contribution is 2.23. The Labute approximate surface area is 135 Å². The van der Waals surface area contributed by atoms with Crippen LogP contribution in [0.5, 0.6) is 0 Å². The van der Waals surface area contributed by atoms with E-state index < -0.39 is 0 Å². The van der Waals surface area contributed by atoms with Gasteiger partial charge in [0.1, 0.15) is 0 Å². The number of hydrogen-bond donors (Lipinski definition) is 1. The van der Waals surface area contributed by atoms with Crippen LogP contribution in [-0.4, -0.2) is 15.9 Å². The zero-order valence-corrected chi connectivity index (χ0v) is 13.6. The van der Waals surface area contributed by atoms with Crippen molar-refractivity contribution in [1.29, 1.82) is 0 Å². The fourth-order valence-electron chi connectivity index (χ4n) is 2.78. The van der Waals surface area contributed by atoms with Crippen LogP contribution in [0.1, 0.15) is 32.7 Å². The second-order valence-electron chi connectivity index (χ2n) is 5.83. The molecular weight excluding hydrogens is 286 g/mol. The molecule has 0 saturated heterocycles. The highest BCUT2D eigenvalue weighted by molar-refractivity contribution is 6.07. The molecule has 0 aliphatic rings. The second kappa shape index (κ2) is 6.16. The molecule has 4 nitrogen and oxygen atoms in total. The lowest BCUT2D eigenvalue weighted by atomic mass is 10.0. The minimum atomic E-state index is -0.0886. The first-order chi connectivity index (χ1) is 11.0. The van der Waals surface area contributed by atoms with Crippen LogP contribution in [0.4, 0.5) is 0 Å². The van der Waals surface area contributed by atoms with Crippen molar-refractivity contribution in [3.8, 4) is 0 Å². The highest BCUT2D eigenvalue weighted by atomic mass is 16.1. The highest BCUT2D eigenvalue weighted by Gasteiger charge is 2.13. The molecule has 0 atom stereocenters. The SMILES string of the molecule is Cc1cc(C)c2nc(C)cc(C(=O)NCc3cccnc3)c2c1. The topological polar surface area (TPSA) is 54.9 Å². The maximum atomic E-state index is 12.6. The van der Waals surface area contributed by atoms with Crippen molar-refractivity contribution in [2.75, 3.05) is 0 Å². The molecule has 0 saturated carbocycles. The zero-order valence-electron chi connectivity index (χ0n) is 13.6. The first kappa shape index (κ1) is 15.2. The summed E-state index contributed by atoms with van der Waals surface area (Å²) in [5, 5.41) is 3.87. The standard InChI is InChI=1S/C19H19N3O/c1-12-7-13(2)18-16(8-12)17(9-14(3)22-18)19(23)21-11-15-5-4-6-20-10-15/h4-10H,11H2,1-3H3,(H,21,23). The van der Waals surface area contributed by atoms with Gasteiger partial charge in [0.05, 0.1) is 11.1 Å². The van der Waals surface area contributed by atoms with E-state index in [2.05, 4.69) is 21.4 Å². The summed E-state index contributed by atoms with van der Waals surface area (Å²) < 4.78 is 0. The normalized spacial score (nSPS) is 10.7. The van der Waals surface area contributed by atoms with Crippen LogP contribution in [0.2, 0.25) is 0 Å². The molecule has 3 aromatic rings. The summed E-state index contributed by atoms with van der Waals surface area (Å²) in [4.78, 5) is 21.3. The van der Waals surface area contributed by atoms with Crippen molar-refractivity contribution in [2.45, 2.75) is 27.3 Å². The van der Waals surface area contributed by atoms with Crippen molar-refractivity contribution in [3.63, 3.8) is 0 Å². The monoisotopic (exact) mass is 305 g/mol. The van der Waals surface area contributed by atoms with E-state index in [1.54, 1.807) is 12.4 Å². The Kier molecular flexibility index (Phi) is 4.06. The van der Waals surface area contributed by atoms with Gasteiger partial charge in [0.15, 0.2) is 0 Å². The molecular formula is C19H19N3O. The number of nitrogens with zero attached hydrogens (tertiary/aromatic N) is 2. The number of benzene rings is 1. The number of carbonyl (C=O) groups is 1. The molecule has 3 rings (SSSR count). The van der Waals surface area contributed by atoms with Crippen molar-refractivity contribution < 1.29 is 4.79 Å². The van der Waals surface area contributed by atoms with E-state index in [4.69, 9.17) is 0 Å². The number of carbonyl (C=O) groups excluding carboxylic acids is 1. The number of aryl methyl sites for hydroxylation is 3. The molecule has 23 heavy (non-hydrogen) atoms. The average molecular weight is 305 g/mol. The number of aromatic nitrogens is 2. The number of rotatable bonds is 3. The van der Waals surface area contributed by atoms with Gasteiger partial charge in [-0.15, -0.1) is 0 Å². The summed E-state index contributed by atoms with van der Waals surface area (Å²) in [6.45, 7) is 6.43. The number of nitrogens with one attached hydrogen (secondary N) is 1. The molecule has 0 radical (unpaired) electrons. The molecule has 0 spiro atoms. The van der Waals surface area contributed by atoms with E-state index >= 15 is 0 Å². The van der Waals surface area contributed by atoms with E-state index in [0.717, 1.165) is 33.3 Å². The van der Waals surface area contributed by atoms with Gasteiger partial charge in [-0.05, 0) is 50.1 Å². The summed E-state index contributed by atoms with van der Waals surface area (Å²) in [6, 6.07) is 9.76. The molecule has 1 N–H and O–H groups in total. The Hall–Kier alpha value is -2.75. The summed E-state index contributed by atoms with van der Waals surface area (Å²) in [5.41, 5.74) is 5.59. The van der Waals surface area contributed by atoms with Gasteiger partial charge in [-0.1, -0.05) is 17.7 Å². The number of hydrogen-bond acceptors (Lipinski definition) is 3. The molecule has 0 bridgehead atoms. The van der Waals surface area contributed by atoms with Crippen molar-refractivity contribution in [3.05, 3.63) is 70.7 Å². The van der Waals surface area contributed by atoms with Crippen LogP contribution >= 0.6 is 0 Å². The predicted octanol–water partition coefficient (Wildman–Crippen LogP) is 3.49. The number of amides is 1. The Bertz CT molecular complexity index is 873. The molecule has 1 aromatic carbocycles. The lowest BCUT2D eigenvalue weighted by Crippen LogP contribution is -2.23. The second-order valence-corrected chi connectivity index (χ2v) is 5.83. The van der Waals surface area contributed by atoms with Crippen molar-refractivity contribution in [1.82, 2.24) is 15.3 Å². The quantitative estimate of drug-likeness (QED) is 0.806. The van der Waals surface area contributed by atoms with E-state index in [-0.39, 0.29) is 5.91 Å². The third kappa shape index (κ3) is 3.21. The van der Waals surface area contributed by atoms with Crippen LogP contribution in [0, 0.1) is 20.8 Å². The van der Waals surface area contributed by atoms with Gasteiger partial charge in [0.2, 0.25) is 0 Å². The summed E-state index contributed by atoms with van der Waals surface area (Å²) >= 11 is 0. The molecule has 0 aliphatic carbocycles. The Morgan fingerprint density at radius 1 is 1.17 bits per heavy atom. The molecule has 2 aromatic heterocycles. The largest absolute Gasteiger partial charge is 0.348 e. The van der Waals surface area contributed by atoms with Crippen LogP contribution in [0.3, 0.4) is 0 Å². The van der Waals surface area contributed by atoms with Crippen molar-refractivity contribution in [2.24, 2.45) is 0 Å². The maximum absolute atomic E-state index is 12.6. The van der Waals surface area contributed by atoms with Gasteiger partial charge in [0.25, 0.3) is 5.91 Å². The fourth-order valence-corrected chi connectivity index (χ4v) is 2.78. The molecule has 0 aliphatic heterocycles.